The van der Waals surface area contributed by atoms with Crippen LogP contribution in [-0.4, -0.2) is 21.0 Å². The number of hydrogen-bond donors (Lipinski definition) is 1. The van der Waals surface area contributed by atoms with Crippen LogP contribution in [-0.2, 0) is 6.54 Å². The number of aromatic nitrogens is 2. The molecule has 0 saturated carbocycles. The smallest absolute Gasteiger partial charge is 0.282 e. The SMILES string of the molecule is Cc1noc(CNC(=O)c2cc(F)ccc2[N+](=O)[O-])n1. The minimum Gasteiger partial charge on any atom is -0.343 e. The van der Waals surface area contributed by atoms with E-state index in [9.17, 15) is 19.3 Å². The van der Waals surface area contributed by atoms with Crippen LogP contribution in [0.3, 0.4) is 0 Å². The second-order valence-electron chi connectivity index (χ2n) is 3.84. The van der Waals surface area contributed by atoms with Crippen LogP contribution in [0.2, 0.25) is 0 Å². The Morgan fingerprint density at radius 1 is 1.55 bits per heavy atom. The topological polar surface area (TPSA) is 111 Å². The molecule has 0 bridgehead atoms. The molecule has 0 spiro atoms. The summed E-state index contributed by atoms with van der Waals surface area (Å²) in [5, 5.41) is 16.6. The van der Waals surface area contributed by atoms with Crippen molar-refractivity contribution in [2.45, 2.75) is 13.5 Å². The predicted octanol–water partition coefficient (Wildman–Crippen LogP) is 1.36. The highest BCUT2D eigenvalue weighted by molar-refractivity contribution is 5.98. The number of carbonyl (C=O) groups excluding carboxylic acids is 1. The molecule has 0 aliphatic rings. The zero-order valence-electron chi connectivity index (χ0n) is 10.3. The van der Waals surface area contributed by atoms with Gasteiger partial charge in [-0.05, 0) is 19.1 Å². The van der Waals surface area contributed by atoms with Gasteiger partial charge in [-0.1, -0.05) is 5.16 Å². The molecule has 9 heteroatoms. The summed E-state index contributed by atoms with van der Waals surface area (Å²) in [5.74, 6) is -0.998. The average Bonchev–Trinajstić information content (AvgIpc) is 2.81. The van der Waals surface area contributed by atoms with Crippen LogP contribution in [0.4, 0.5) is 10.1 Å². The maximum Gasteiger partial charge on any atom is 0.282 e. The van der Waals surface area contributed by atoms with Crippen LogP contribution in [0, 0.1) is 22.9 Å². The summed E-state index contributed by atoms with van der Waals surface area (Å²) >= 11 is 0. The molecule has 1 heterocycles. The third kappa shape index (κ3) is 2.94. The van der Waals surface area contributed by atoms with Gasteiger partial charge in [0, 0.05) is 6.07 Å². The van der Waals surface area contributed by atoms with Gasteiger partial charge in [-0.3, -0.25) is 14.9 Å². The molecule has 20 heavy (non-hydrogen) atoms. The number of hydrogen-bond acceptors (Lipinski definition) is 6. The van der Waals surface area contributed by atoms with E-state index >= 15 is 0 Å². The summed E-state index contributed by atoms with van der Waals surface area (Å²) in [7, 11) is 0. The highest BCUT2D eigenvalue weighted by Gasteiger charge is 2.21. The van der Waals surface area contributed by atoms with E-state index in [0.29, 0.717) is 5.82 Å². The Morgan fingerprint density at radius 2 is 2.30 bits per heavy atom. The second kappa shape index (κ2) is 5.43. The first-order valence-electron chi connectivity index (χ1n) is 5.48. The Balaban J connectivity index is 2.16. The standard InChI is InChI=1S/C11H9FN4O4/c1-6-14-10(20-15-6)5-13-11(17)8-4-7(12)2-3-9(8)16(18)19/h2-4H,5H2,1H3,(H,13,17). The quantitative estimate of drug-likeness (QED) is 0.668. The molecule has 1 aromatic heterocycles. The lowest BCUT2D eigenvalue weighted by Crippen LogP contribution is -2.24. The lowest BCUT2D eigenvalue weighted by atomic mass is 10.1. The molecule has 1 aromatic carbocycles. The van der Waals surface area contributed by atoms with E-state index in [1.807, 2.05) is 0 Å². The molecule has 104 valence electrons. The Bertz CT molecular complexity index is 670. The number of nitrogens with zero attached hydrogens (tertiary/aromatic N) is 3. The molecule has 0 unspecified atom stereocenters. The maximum absolute atomic E-state index is 13.1. The molecular formula is C11H9FN4O4. The average molecular weight is 280 g/mol. The van der Waals surface area contributed by atoms with E-state index in [1.54, 1.807) is 6.92 Å². The minimum atomic E-state index is -0.799. The summed E-state index contributed by atoms with van der Waals surface area (Å²) in [5.41, 5.74) is -0.850. The Kier molecular flexibility index (Phi) is 3.69. The number of aryl methyl sites for hydroxylation is 1. The van der Waals surface area contributed by atoms with Gasteiger partial charge in [0.15, 0.2) is 5.82 Å². The molecule has 2 rings (SSSR count). The predicted molar refractivity (Wildman–Crippen MR) is 63.3 cm³/mol. The number of halogens is 1. The zero-order valence-corrected chi connectivity index (χ0v) is 10.3. The monoisotopic (exact) mass is 280 g/mol. The van der Waals surface area contributed by atoms with E-state index in [1.165, 1.54) is 0 Å². The minimum absolute atomic E-state index is 0.104. The lowest BCUT2D eigenvalue weighted by Gasteiger charge is -2.03. The van der Waals surface area contributed by atoms with Crippen molar-refractivity contribution >= 4 is 11.6 Å². The molecule has 0 saturated heterocycles. The van der Waals surface area contributed by atoms with Gasteiger partial charge >= 0.3 is 0 Å². The van der Waals surface area contributed by atoms with Crippen molar-refractivity contribution < 1.29 is 18.6 Å². The highest BCUT2D eigenvalue weighted by Crippen LogP contribution is 2.19. The first-order chi connectivity index (χ1) is 9.47. The molecule has 0 aliphatic heterocycles. The largest absolute Gasteiger partial charge is 0.343 e. The molecule has 0 aliphatic carbocycles. The Morgan fingerprint density at radius 3 is 2.90 bits per heavy atom. The van der Waals surface area contributed by atoms with Crippen LogP contribution in [0.1, 0.15) is 22.1 Å². The van der Waals surface area contributed by atoms with E-state index in [0.717, 1.165) is 18.2 Å². The number of amides is 1. The maximum atomic E-state index is 13.1. The van der Waals surface area contributed by atoms with Crippen LogP contribution in [0.5, 0.6) is 0 Å². The summed E-state index contributed by atoms with van der Waals surface area (Å²) in [6, 6.07) is 2.64. The van der Waals surface area contributed by atoms with Gasteiger partial charge in [0.1, 0.15) is 11.4 Å². The number of rotatable bonds is 4. The number of benzene rings is 1. The van der Waals surface area contributed by atoms with Crippen LogP contribution < -0.4 is 5.32 Å². The molecule has 0 fully saturated rings. The Labute approximate surface area is 111 Å². The zero-order chi connectivity index (χ0) is 14.7. The first-order valence-corrected chi connectivity index (χ1v) is 5.48. The fourth-order valence-corrected chi connectivity index (χ4v) is 1.51. The second-order valence-corrected chi connectivity index (χ2v) is 3.84. The van der Waals surface area contributed by atoms with Gasteiger partial charge < -0.3 is 9.84 Å². The van der Waals surface area contributed by atoms with Crippen molar-refractivity contribution in [3.05, 3.63) is 51.4 Å². The van der Waals surface area contributed by atoms with Crippen molar-refractivity contribution in [3.63, 3.8) is 0 Å². The van der Waals surface area contributed by atoms with Gasteiger partial charge in [-0.15, -0.1) is 0 Å². The molecular weight excluding hydrogens is 271 g/mol. The normalized spacial score (nSPS) is 10.3. The third-order valence-electron chi connectivity index (χ3n) is 2.37. The number of nitro benzene ring substituents is 1. The molecule has 0 radical (unpaired) electrons. The van der Waals surface area contributed by atoms with E-state index in [-0.39, 0.29) is 18.0 Å². The molecule has 1 amide bonds. The fraction of sp³-hybridized carbons (Fsp3) is 0.182. The van der Waals surface area contributed by atoms with E-state index in [2.05, 4.69) is 15.5 Å². The van der Waals surface area contributed by atoms with Crippen molar-refractivity contribution in [1.82, 2.24) is 15.5 Å². The number of nitro groups is 1. The van der Waals surface area contributed by atoms with Crippen LogP contribution >= 0.6 is 0 Å². The fourth-order valence-electron chi connectivity index (χ4n) is 1.51. The number of carbonyl (C=O) groups is 1. The number of nitrogens with one attached hydrogen (secondary N) is 1. The summed E-state index contributed by atoms with van der Waals surface area (Å²) in [4.78, 5) is 25.7. The molecule has 1 N–H and O–H groups in total. The van der Waals surface area contributed by atoms with Crippen molar-refractivity contribution in [2.24, 2.45) is 0 Å². The van der Waals surface area contributed by atoms with Gasteiger partial charge in [-0.2, -0.15) is 4.98 Å². The Hall–Kier alpha value is -2.84. The van der Waals surface area contributed by atoms with Gasteiger partial charge in [0.25, 0.3) is 11.6 Å². The van der Waals surface area contributed by atoms with E-state index < -0.39 is 22.3 Å². The van der Waals surface area contributed by atoms with Gasteiger partial charge in [0.2, 0.25) is 5.89 Å². The van der Waals surface area contributed by atoms with Crippen LogP contribution in [0.15, 0.2) is 22.7 Å². The van der Waals surface area contributed by atoms with Crippen LogP contribution in [0.25, 0.3) is 0 Å². The third-order valence-corrected chi connectivity index (χ3v) is 2.37. The van der Waals surface area contributed by atoms with Crippen molar-refractivity contribution in [3.8, 4) is 0 Å². The summed E-state index contributed by atoms with van der Waals surface area (Å²) in [6.07, 6.45) is 0. The highest BCUT2D eigenvalue weighted by atomic mass is 19.1. The molecule has 0 atom stereocenters. The van der Waals surface area contributed by atoms with Crippen molar-refractivity contribution in [1.29, 1.82) is 0 Å². The van der Waals surface area contributed by atoms with Crippen molar-refractivity contribution in [2.75, 3.05) is 0 Å². The lowest BCUT2D eigenvalue weighted by molar-refractivity contribution is -0.385. The first kappa shape index (κ1) is 13.6. The van der Waals surface area contributed by atoms with Gasteiger partial charge in [0.05, 0.1) is 11.5 Å². The molecule has 2 aromatic rings. The summed E-state index contributed by atoms with van der Waals surface area (Å²) < 4.78 is 17.9. The van der Waals surface area contributed by atoms with E-state index in [4.69, 9.17) is 4.52 Å². The van der Waals surface area contributed by atoms with Gasteiger partial charge in [-0.25, -0.2) is 4.39 Å². The molecule has 8 nitrogen and oxygen atoms in total. The summed E-state index contributed by atoms with van der Waals surface area (Å²) in [6.45, 7) is 1.50.